The lowest BCUT2D eigenvalue weighted by atomic mass is 9.91. The average Bonchev–Trinajstić information content (AvgIpc) is 3.14. The summed E-state index contributed by atoms with van der Waals surface area (Å²) in [5, 5.41) is 0. The number of nitrogens with zero attached hydrogens (tertiary/aromatic N) is 2. The Balaban J connectivity index is 1.97. The number of alkyl halides is 1. The molecule has 0 atom stereocenters. The number of ether oxygens (including phenoxy) is 1. The van der Waals surface area contributed by atoms with Gasteiger partial charge in [-0.3, -0.25) is 9.36 Å². The highest BCUT2D eigenvalue weighted by Crippen LogP contribution is 2.35. The maximum absolute atomic E-state index is 15.2. The molecule has 3 aromatic rings. The molecule has 3 rings (SSSR count). The first-order valence-electron chi connectivity index (χ1n) is 9.83. The molecule has 29 heavy (non-hydrogen) atoms. The number of esters is 1. The van der Waals surface area contributed by atoms with Crippen LogP contribution in [-0.2, 0) is 21.6 Å². The zero-order valence-corrected chi connectivity index (χ0v) is 17.4. The summed E-state index contributed by atoms with van der Waals surface area (Å²) in [6, 6.07) is 13.9. The van der Waals surface area contributed by atoms with Crippen molar-refractivity contribution in [2.45, 2.75) is 46.2 Å². The van der Waals surface area contributed by atoms with Gasteiger partial charge in [0.05, 0.1) is 6.61 Å². The van der Waals surface area contributed by atoms with Gasteiger partial charge in [0, 0.05) is 30.6 Å². The molecule has 4 nitrogen and oxygen atoms in total. The monoisotopic (exact) mass is 394 g/mol. The van der Waals surface area contributed by atoms with Crippen LogP contribution in [-0.4, -0.2) is 22.1 Å². The lowest BCUT2D eigenvalue weighted by Gasteiger charge is -2.21. The third-order valence-corrected chi connectivity index (χ3v) is 4.90. The molecule has 152 valence electrons. The van der Waals surface area contributed by atoms with Crippen LogP contribution in [0.4, 0.5) is 4.39 Å². The summed E-state index contributed by atoms with van der Waals surface area (Å²) in [6.07, 6.45) is 5.05. The number of aromatic nitrogens is 2. The van der Waals surface area contributed by atoms with E-state index in [4.69, 9.17) is 4.74 Å². The van der Waals surface area contributed by atoms with E-state index < -0.39 is 5.67 Å². The Morgan fingerprint density at radius 3 is 2.66 bits per heavy atom. The van der Waals surface area contributed by atoms with E-state index in [9.17, 15) is 4.79 Å². The highest BCUT2D eigenvalue weighted by atomic mass is 19.1. The van der Waals surface area contributed by atoms with Crippen LogP contribution in [0.25, 0.3) is 17.1 Å². The second-order valence-electron chi connectivity index (χ2n) is 7.70. The molecule has 0 spiro atoms. The van der Waals surface area contributed by atoms with E-state index in [-0.39, 0.29) is 5.97 Å². The molecule has 0 amide bonds. The fraction of sp³-hybridized carbons (Fsp3) is 0.333. The van der Waals surface area contributed by atoms with Gasteiger partial charge in [-0.1, -0.05) is 36.4 Å². The summed E-state index contributed by atoms with van der Waals surface area (Å²) < 4.78 is 22.1. The number of aryl methyl sites for hydroxylation is 2. The predicted octanol–water partition coefficient (Wildman–Crippen LogP) is 5.55. The molecule has 0 N–H and O–H groups in total. The van der Waals surface area contributed by atoms with Gasteiger partial charge in [-0.2, -0.15) is 0 Å². The molecule has 1 heterocycles. The van der Waals surface area contributed by atoms with Crippen LogP contribution in [0.3, 0.4) is 0 Å². The van der Waals surface area contributed by atoms with Crippen molar-refractivity contribution in [3.05, 3.63) is 71.5 Å². The van der Waals surface area contributed by atoms with Crippen molar-refractivity contribution in [3.8, 4) is 17.1 Å². The number of carbonyl (C=O) groups excluding carboxylic acids is 1. The molecule has 0 fully saturated rings. The van der Waals surface area contributed by atoms with Crippen LogP contribution < -0.4 is 0 Å². The number of carbonyl (C=O) groups is 1. The zero-order chi connectivity index (χ0) is 21.0. The maximum Gasteiger partial charge on any atom is 0.302 e. The van der Waals surface area contributed by atoms with Crippen LogP contribution >= 0.6 is 0 Å². The largest absolute Gasteiger partial charge is 0.466 e. The summed E-state index contributed by atoms with van der Waals surface area (Å²) in [4.78, 5) is 15.4. The van der Waals surface area contributed by atoms with Crippen molar-refractivity contribution in [2.75, 3.05) is 6.61 Å². The van der Waals surface area contributed by atoms with Crippen molar-refractivity contribution in [1.82, 2.24) is 9.55 Å². The predicted molar refractivity (Wildman–Crippen MR) is 113 cm³/mol. The summed E-state index contributed by atoms with van der Waals surface area (Å²) in [5.41, 5.74) is 3.00. The number of benzene rings is 2. The number of para-hydroxylation sites is 1. The van der Waals surface area contributed by atoms with E-state index in [0.29, 0.717) is 30.8 Å². The van der Waals surface area contributed by atoms with Gasteiger partial charge in [0.15, 0.2) is 0 Å². The van der Waals surface area contributed by atoms with Gasteiger partial charge in [-0.25, -0.2) is 9.37 Å². The molecule has 0 bridgehead atoms. The van der Waals surface area contributed by atoms with Crippen molar-refractivity contribution >= 4 is 5.97 Å². The zero-order valence-electron chi connectivity index (χ0n) is 17.4. The smallest absolute Gasteiger partial charge is 0.302 e. The van der Waals surface area contributed by atoms with Crippen LogP contribution in [0.15, 0.2) is 54.9 Å². The van der Waals surface area contributed by atoms with Gasteiger partial charge in [0.2, 0.25) is 0 Å². The van der Waals surface area contributed by atoms with Gasteiger partial charge in [0.25, 0.3) is 0 Å². The minimum absolute atomic E-state index is 0.283. The lowest BCUT2D eigenvalue weighted by molar-refractivity contribution is -0.141. The molecule has 0 aliphatic heterocycles. The molecule has 0 saturated carbocycles. The van der Waals surface area contributed by atoms with Gasteiger partial charge in [0.1, 0.15) is 11.5 Å². The van der Waals surface area contributed by atoms with Gasteiger partial charge in [-0.15, -0.1) is 0 Å². The number of halogens is 1. The van der Waals surface area contributed by atoms with E-state index in [0.717, 1.165) is 22.4 Å². The topological polar surface area (TPSA) is 44.1 Å². The van der Waals surface area contributed by atoms with Crippen LogP contribution in [0, 0.1) is 6.92 Å². The highest BCUT2D eigenvalue weighted by Gasteiger charge is 2.25. The fourth-order valence-electron chi connectivity index (χ4n) is 3.46. The first-order chi connectivity index (χ1) is 13.8. The summed E-state index contributed by atoms with van der Waals surface area (Å²) in [5.74, 6) is 0.431. The van der Waals surface area contributed by atoms with Crippen molar-refractivity contribution in [1.29, 1.82) is 0 Å². The van der Waals surface area contributed by atoms with E-state index in [1.807, 2.05) is 60.2 Å². The molecule has 0 aliphatic rings. The van der Waals surface area contributed by atoms with Gasteiger partial charge < -0.3 is 4.74 Å². The van der Waals surface area contributed by atoms with E-state index in [1.54, 1.807) is 20.0 Å². The van der Waals surface area contributed by atoms with Crippen molar-refractivity contribution < 1.29 is 13.9 Å². The standard InChI is InChI=1S/C24H27FN2O2/c1-17-8-5-6-10-22(17)27-14-13-26-23(27)20-12-11-19(9-7-15-29-18(2)28)16-21(20)24(3,4)25/h5-6,8,10-14,16H,7,9,15H2,1-4H3. The summed E-state index contributed by atoms with van der Waals surface area (Å²) >= 11 is 0. The first-order valence-corrected chi connectivity index (χ1v) is 9.83. The molecule has 2 aromatic carbocycles. The number of imidazole rings is 1. The number of hydrogen-bond acceptors (Lipinski definition) is 3. The lowest BCUT2D eigenvalue weighted by Crippen LogP contribution is -2.13. The maximum atomic E-state index is 15.2. The third kappa shape index (κ3) is 4.91. The SMILES string of the molecule is CC(=O)OCCCc1ccc(-c2nccn2-c2ccccc2C)c(C(C)(C)F)c1. The Morgan fingerprint density at radius 2 is 1.97 bits per heavy atom. The molecule has 0 aliphatic carbocycles. The van der Waals surface area contributed by atoms with Crippen LogP contribution in [0.2, 0.25) is 0 Å². The Hall–Kier alpha value is -2.95. The third-order valence-electron chi connectivity index (χ3n) is 4.90. The Kier molecular flexibility index (Phi) is 6.16. The summed E-state index contributed by atoms with van der Waals surface area (Å²) in [7, 11) is 0. The Morgan fingerprint density at radius 1 is 1.21 bits per heavy atom. The minimum Gasteiger partial charge on any atom is -0.466 e. The van der Waals surface area contributed by atoms with Gasteiger partial charge >= 0.3 is 5.97 Å². The van der Waals surface area contributed by atoms with Crippen molar-refractivity contribution in [3.63, 3.8) is 0 Å². The highest BCUT2D eigenvalue weighted by molar-refractivity contribution is 5.66. The Bertz CT molecular complexity index is 1000. The van der Waals surface area contributed by atoms with Crippen molar-refractivity contribution in [2.24, 2.45) is 0 Å². The molecule has 0 unspecified atom stereocenters. The molecular formula is C24H27FN2O2. The second kappa shape index (κ2) is 8.60. The molecule has 0 saturated heterocycles. The minimum atomic E-state index is -1.52. The normalized spacial score (nSPS) is 11.5. The molecule has 1 aromatic heterocycles. The molecule has 5 heteroatoms. The second-order valence-corrected chi connectivity index (χ2v) is 7.70. The van der Waals surface area contributed by atoms with E-state index >= 15 is 4.39 Å². The van der Waals surface area contributed by atoms with Crippen LogP contribution in [0.5, 0.6) is 0 Å². The number of rotatable bonds is 7. The van der Waals surface area contributed by atoms with E-state index in [2.05, 4.69) is 4.98 Å². The Labute approximate surface area is 171 Å². The molecular weight excluding hydrogens is 367 g/mol. The van der Waals surface area contributed by atoms with Gasteiger partial charge in [-0.05, 0) is 56.4 Å². The number of hydrogen-bond donors (Lipinski definition) is 0. The van der Waals surface area contributed by atoms with Crippen LogP contribution in [0.1, 0.15) is 43.9 Å². The fourth-order valence-corrected chi connectivity index (χ4v) is 3.46. The summed E-state index contributed by atoms with van der Waals surface area (Å²) in [6.45, 7) is 6.94. The van der Waals surface area contributed by atoms with E-state index in [1.165, 1.54) is 6.92 Å². The quantitative estimate of drug-likeness (QED) is 0.390. The average molecular weight is 394 g/mol. The molecule has 0 radical (unpaired) electrons. The first kappa shape index (κ1) is 20.8.